The van der Waals surface area contributed by atoms with Gasteiger partial charge in [0.25, 0.3) is 11.5 Å². The first-order valence-corrected chi connectivity index (χ1v) is 8.92. The number of carbonyl (C=O) groups is 1. The molecule has 134 valence electrons. The topological polar surface area (TPSA) is 92.7 Å². The molecule has 1 aliphatic carbocycles. The van der Waals surface area contributed by atoms with Crippen molar-refractivity contribution >= 4 is 16.8 Å². The molecule has 0 bridgehead atoms. The van der Waals surface area contributed by atoms with Crippen molar-refractivity contribution in [3.63, 3.8) is 0 Å². The zero-order valence-electron chi connectivity index (χ0n) is 14.7. The van der Waals surface area contributed by atoms with Crippen molar-refractivity contribution < 1.29 is 4.79 Å². The molecule has 2 heterocycles. The summed E-state index contributed by atoms with van der Waals surface area (Å²) in [6, 6.07) is 4.96. The van der Waals surface area contributed by atoms with Gasteiger partial charge in [0.05, 0.1) is 29.5 Å². The number of hydrogen-bond donors (Lipinski definition) is 2. The summed E-state index contributed by atoms with van der Waals surface area (Å²) in [6.07, 6.45) is 7.09. The second-order valence-corrected chi connectivity index (χ2v) is 6.76. The standard InChI is InChI=1S/C19H21N5O2/c1-24-11-21-16-9-12(7-8-14(16)19(24)26)18(25)20-10-17-13-5-3-2-4-6-15(13)22-23-17/h7-9,11H,2-6,10H2,1H3,(H,20,25)(H,22,23). The van der Waals surface area contributed by atoms with Crippen molar-refractivity contribution in [1.82, 2.24) is 25.1 Å². The highest BCUT2D eigenvalue weighted by Crippen LogP contribution is 2.21. The molecule has 2 aromatic heterocycles. The van der Waals surface area contributed by atoms with Crippen LogP contribution in [0.4, 0.5) is 0 Å². The van der Waals surface area contributed by atoms with Crippen LogP contribution in [0.15, 0.2) is 29.3 Å². The highest BCUT2D eigenvalue weighted by atomic mass is 16.1. The van der Waals surface area contributed by atoms with Crippen LogP contribution in [0.5, 0.6) is 0 Å². The fourth-order valence-electron chi connectivity index (χ4n) is 3.49. The van der Waals surface area contributed by atoms with Crippen LogP contribution in [0.3, 0.4) is 0 Å². The first kappa shape index (κ1) is 16.5. The molecule has 1 aliphatic rings. The Balaban J connectivity index is 1.52. The Morgan fingerprint density at radius 2 is 2.12 bits per heavy atom. The number of hydrogen-bond acceptors (Lipinski definition) is 4. The summed E-state index contributed by atoms with van der Waals surface area (Å²) in [5, 5.41) is 10.9. The van der Waals surface area contributed by atoms with Crippen LogP contribution in [0, 0.1) is 0 Å². The first-order chi connectivity index (χ1) is 12.6. The summed E-state index contributed by atoms with van der Waals surface area (Å²) in [5.74, 6) is -0.195. The molecule has 26 heavy (non-hydrogen) atoms. The van der Waals surface area contributed by atoms with Gasteiger partial charge in [-0.2, -0.15) is 5.10 Å². The van der Waals surface area contributed by atoms with E-state index in [9.17, 15) is 9.59 Å². The lowest BCUT2D eigenvalue weighted by molar-refractivity contribution is 0.0950. The van der Waals surface area contributed by atoms with Gasteiger partial charge in [0.1, 0.15) is 0 Å². The number of benzene rings is 1. The maximum absolute atomic E-state index is 12.5. The SMILES string of the molecule is Cn1cnc2cc(C(=O)NCc3n[nH]c4c3CCCCC4)ccc2c1=O. The van der Waals surface area contributed by atoms with E-state index in [0.717, 1.165) is 18.5 Å². The van der Waals surface area contributed by atoms with E-state index >= 15 is 0 Å². The highest BCUT2D eigenvalue weighted by molar-refractivity contribution is 5.97. The highest BCUT2D eigenvalue weighted by Gasteiger charge is 2.16. The fraction of sp³-hybridized carbons (Fsp3) is 0.368. The van der Waals surface area contributed by atoms with E-state index in [1.165, 1.54) is 41.4 Å². The van der Waals surface area contributed by atoms with Gasteiger partial charge in [-0.15, -0.1) is 0 Å². The van der Waals surface area contributed by atoms with E-state index in [4.69, 9.17) is 0 Å². The monoisotopic (exact) mass is 351 g/mol. The van der Waals surface area contributed by atoms with E-state index in [0.29, 0.717) is 23.0 Å². The minimum atomic E-state index is -0.195. The second-order valence-electron chi connectivity index (χ2n) is 6.76. The summed E-state index contributed by atoms with van der Waals surface area (Å²) >= 11 is 0. The fourth-order valence-corrected chi connectivity index (χ4v) is 3.49. The van der Waals surface area contributed by atoms with Crippen LogP contribution >= 0.6 is 0 Å². The van der Waals surface area contributed by atoms with Crippen LogP contribution in [0.2, 0.25) is 0 Å². The number of carbonyl (C=O) groups excluding carboxylic acids is 1. The van der Waals surface area contributed by atoms with Gasteiger partial charge in [-0.1, -0.05) is 6.42 Å². The minimum absolute atomic E-state index is 0.124. The third-order valence-electron chi connectivity index (χ3n) is 4.99. The van der Waals surface area contributed by atoms with Crippen LogP contribution in [0.25, 0.3) is 10.9 Å². The summed E-state index contributed by atoms with van der Waals surface area (Å²) in [6.45, 7) is 0.396. The molecule has 1 amide bonds. The van der Waals surface area contributed by atoms with Crippen molar-refractivity contribution in [2.24, 2.45) is 7.05 Å². The molecule has 0 atom stereocenters. The average molecular weight is 351 g/mol. The molecule has 0 radical (unpaired) electrons. The molecule has 0 aliphatic heterocycles. The molecule has 3 aromatic rings. The van der Waals surface area contributed by atoms with E-state index in [2.05, 4.69) is 20.5 Å². The second kappa shape index (κ2) is 6.74. The van der Waals surface area contributed by atoms with Crippen molar-refractivity contribution in [2.45, 2.75) is 38.6 Å². The van der Waals surface area contributed by atoms with Gasteiger partial charge in [0, 0.05) is 18.3 Å². The summed E-state index contributed by atoms with van der Waals surface area (Å²) in [5.41, 5.74) is 4.27. The van der Waals surface area contributed by atoms with Gasteiger partial charge in [0.15, 0.2) is 0 Å². The Hall–Kier alpha value is -2.96. The average Bonchev–Trinajstić information content (AvgIpc) is 2.88. The number of rotatable bonds is 3. The molecular formula is C19H21N5O2. The zero-order valence-corrected chi connectivity index (χ0v) is 14.7. The third-order valence-corrected chi connectivity index (χ3v) is 4.99. The maximum atomic E-state index is 12.5. The number of nitrogens with one attached hydrogen (secondary N) is 2. The number of H-pyrrole nitrogens is 1. The van der Waals surface area contributed by atoms with Crippen molar-refractivity contribution in [1.29, 1.82) is 0 Å². The number of fused-ring (bicyclic) bond motifs is 2. The van der Waals surface area contributed by atoms with E-state index < -0.39 is 0 Å². The minimum Gasteiger partial charge on any atom is -0.346 e. The first-order valence-electron chi connectivity index (χ1n) is 8.92. The van der Waals surface area contributed by atoms with Gasteiger partial charge in [0.2, 0.25) is 0 Å². The molecule has 2 N–H and O–H groups in total. The Morgan fingerprint density at radius 3 is 3.00 bits per heavy atom. The lowest BCUT2D eigenvalue weighted by Crippen LogP contribution is -2.24. The van der Waals surface area contributed by atoms with E-state index in [1.54, 1.807) is 25.2 Å². The quantitative estimate of drug-likeness (QED) is 0.705. The van der Waals surface area contributed by atoms with Crippen molar-refractivity contribution in [3.8, 4) is 0 Å². The summed E-state index contributed by atoms with van der Waals surface area (Å²) in [7, 11) is 1.65. The maximum Gasteiger partial charge on any atom is 0.260 e. The molecular weight excluding hydrogens is 330 g/mol. The van der Waals surface area contributed by atoms with Gasteiger partial charge < -0.3 is 9.88 Å². The van der Waals surface area contributed by atoms with Gasteiger partial charge in [-0.05, 0) is 49.4 Å². The molecule has 7 nitrogen and oxygen atoms in total. The van der Waals surface area contributed by atoms with Crippen molar-refractivity contribution in [2.75, 3.05) is 0 Å². The predicted octanol–water partition coefficient (Wildman–Crippen LogP) is 1.86. The Bertz CT molecular complexity index is 1030. The number of amides is 1. The third kappa shape index (κ3) is 3.00. The lowest BCUT2D eigenvalue weighted by atomic mass is 10.1. The number of aromatic amines is 1. The molecule has 0 saturated carbocycles. The predicted molar refractivity (Wildman–Crippen MR) is 98.0 cm³/mol. The molecule has 1 aromatic carbocycles. The summed E-state index contributed by atoms with van der Waals surface area (Å²) < 4.78 is 1.42. The van der Waals surface area contributed by atoms with Crippen LogP contribution < -0.4 is 10.9 Å². The van der Waals surface area contributed by atoms with E-state index in [1.807, 2.05) is 0 Å². The number of nitrogens with zero attached hydrogens (tertiary/aromatic N) is 3. The van der Waals surface area contributed by atoms with Crippen LogP contribution in [0.1, 0.15) is 46.6 Å². The smallest absolute Gasteiger partial charge is 0.260 e. The molecule has 0 spiro atoms. The molecule has 7 heteroatoms. The normalized spacial score (nSPS) is 14.0. The Kier molecular flexibility index (Phi) is 4.28. The molecule has 0 fully saturated rings. The van der Waals surface area contributed by atoms with Gasteiger partial charge >= 0.3 is 0 Å². The Morgan fingerprint density at radius 1 is 1.27 bits per heavy atom. The van der Waals surface area contributed by atoms with Crippen molar-refractivity contribution in [3.05, 3.63) is 57.4 Å². The zero-order chi connectivity index (χ0) is 18.1. The molecule has 0 saturated heterocycles. The van der Waals surface area contributed by atoms with Gasteiger partial charge in [-0.3, -0.25) is 14.7 Å². The largest absolute Gasteiger partial charge is 0.346 e. The summed E-state index contributed by atoms with van der Waals surface area (Å²) in [4.78, 5) is 28.8. The molecule has 4 rings (SSSR count). The van der Waals surface area contributed by atoms with Crippen LogP contribution in [-0.2, 0) is 26.4 Å². The van der Waals surface area contributed by atoms with Crippen LogP contribution in [-0.4, -0.2) is 25.7 Å². The van der Waals surface area contributed by atoms with Gasteiger partial charge in [-0.25, -0.2) is 4.98 Å². The van der Waals surface area contributed by atoms with E-state index in [-0.39, 0.29) is 11.5 Å². The number of aryl methyl sites for hydroxylation is 2. The number of aromatic nitrogens is 4. The Labute approximate surface area is 150 Å². The molecule has 0 unspecified atom stereocenters. The lowest BCUT2D eigenvalue weighted by Gasteiger charge is -2.07.